The van der Waals surface area contributed by atoms with Gasteiger partial charge in [-0.15, -0.1) is 0 Å². The minimum absolute atomic E-state index is 0.268. The van der Waals surface area contributed by atoms with Crippen LogP contribution in [-0.2, 0) is 0 Å². The molecule has 0 amide bonds. The summed E-state index contributed by atoms with van der Waals surface area (Å²) in [7, 11) is 1.94. The highest BCUT2D eigenvalue weighted by molar-refractivity contribution is 6.31. The van der Waals surface area contributed by atoms with Crippen LogP contribution in [0.4, 0.5) is 0 Å². The van der Waals surface area contributed by atoms with Gasteiger partial charge in [0.25, 0.3) is 0 Å². The summed E-state index contributed by atoms with van der Waals surface area (Å²) in [6.07, 6.45) is 0. The topological polar surface area (TPSA) is 12.0 Å². The first kappa shape index (κ1) is 13.1. The quantitative estimate of drug-likeness (QED) is 0.850. The van der Waals surface area contributed by atoms with Gasteiger partial charge >= 0.3 is 0 Å². The van der Waals surface area contributed by atoms with Crippen LogP contribution < -0.4 is 5.32 Å². The van der Waals surface area contributed by atoms with Crippen LogP contribution in [0.3, 0.4) is 0 Å². The Labute approximate surface area is 114 Å². The lowest BCUT2D eigenvalue weighted by molar-refractivity contribution is 0.652. The maximum absolute atomic E-state index is 6.34. The number of benzene rings is 2. The van der Waals surface area contributed by atoms with Crippen LogP contribution in [0, 0.1) is 6.92 Å². The van der Waals surface area contributed by atoms with Gasteiger partial charge in [0, 0.05) is 11.1 Å². The number of nitrogens with one attached hydrogen (secondary N) is 1. The number of halogens is 1. The fraction of sp³-hybridized carbons (Fsp3) is 0.250. The van der Waals surface area contributed by atoms with E-state index in [1.165, 1.54) is 11.1 Å². The monoisotopic (exact) mass is 259 g/mol. The molecule has 0 fully saturated rings. The van der Waals surface area contributed by atoms with Crippen LogP contribution in [0.25, 0.3) is 11.1 Å². The van der Waals surface area contributed by atoms with Crippen molar-refractivity contribution in [2.75, 3.05) is 7.05 Å². The Balaban J connectivity index is 2.37. The van der Waals surface area contributed by atoms with Crippen molar-refractivity contribution >= 4 is 11.6 Å². The third-order valence-electron chi connectivity index (χ3n) is 3.28. The summed E-state index contributed by atoms with van der Waals surface area (Å²) >= 11 is 6.34. The molecule has 0 aliphatic carbocycles. The van der Waals surface area contributed by atoms with Crippen LogP contribution in [-0.4, -0.2) is 7.05 Å². The van der Waals surface area contributed by atoms with Gasteiger partial charge in [-0.1, -0.05) is 53.6 Å². The molecule has 2 rings (SSSR count). The normalized spacial score (nSPS) is 12.4. The van der Waals surface area contributed by atoms with Crippen LogP contribution in [0.5, 0.6) is 0 Å². The zero-order valence-electron chi connectivity index (χ0n) is 11.0. The molecule has 2 heteroatoms. The molecule has 0 spiro atoms. The average molecular weight is 260 g/mol. The fourth-order valence-electron chi connectivity index (χ4n) is 1.96. The second kappa shape index (κ2) is 5.55. The molecule has 0 bridgehead atoms. The van der Waals surface area contributed by atoms with E-state index in [9.17, 15) is 0 Å². The molecule has 0 saturated carbocycles. The lowest BCUT2D eigenvalue weighted by atomic mass is 10.0. The van der Waals surface area contributed by atoms with Gasteiger partial charge in [-0.25, -0.2) is 0 Å². The molecule has 1 unspecified atom stereocenters. The molecule has 0 heterocycles. The molecule has 1 N–H and O–H groups in total. The Bertz CT molecular complexity index is 531. The molecule has 1 nitrogen and oxygen atoms in total. The van der Waals surface area contributed by atoms with E-state index in [0.717, 1.165) is 16.1 Å². The Hall–Kier alpha value is -1.31. The predicted octanol–water partition coefficient (Wildman–Crippen LogP) is 4.60. The van der Waals surface area contributed by atoms with E-state index in [2.05, 4.69) is 55.6 Å². The van der Waals surface area contributed by atoms with E-state index in [4.69, 9.17) is 11.6 Å². The van der Waals surface area contributed by atoms with Gasteiger partial charge < -0.3 is 5.32 Å². The van der Waals surface area contributed by atoms with Gasteiger partial charge in [0.15, 0.2) is 0 Å². The van der Waals surface area contributed by atoms with Crippen molar-refractivity contribution in [2.24, 2.45) is 0 Å². The highest BCUT2D eigenvalue weighted by Crippen LogP contribution is 2.29. The van der Waals surface area contributed by atoms with Gasteiger partial charge in [0.2, 0.25) is 0 Å². The van der Waals surface area contributed by atoms with E-state index in [-0.39, 0.29) is 6.04 Å². The summed E-state index contributed by atoms with van der Waals surface area (Å²) < 4.78 is 0. The molecule has 0 radical (unpaired) electrons. The van der Waals surface area contributed by atoms with E-state index < -0.39 is 0 Å². The fourth-order valence-corrected chi connectivity index (χ4v) is 2.30. The van der Waals surface area contributed by atoms with Crippen molar-refractivity contribution < 1.29 is 0 Å². The van der Waals surface area contributed by atoms with E-state index in [0.29, 0.717) is 0 Å². The van der Waals surface area contributed by atoms with Crippen molar-refractivity contribution in [3.05, 3.63) is 58.6 Å². The number of hydrogen-bond acceptors (Lipinski definition) is 1. The third kappa shape index (κ3) is 2.74. The molecule has 1 atom stereocenters. The standard InChI is InChI=1S/C16H18ClN/c1-11-4-6-13(7-5-11)14-8-9-15(12(2)18-3)16(17)10-14/h4-10,12,18H,1-3H3. The summed E-state index contributed by atoms with van der Waals surface area (Å²) in [5, 5.41) is 4.02. The number of rotatable bonds is 3. The van der Waals surface area contributed by atoms with Crippen molar-refractivity contribution in [3.8, 4) is 11.1 Å². The predicted molar refractivity (Wildman–Crippen MR) is 79.1 cm³/mol. The largest absolute Gasteiger partial charge is 0.313 e. The zero-order valence-corrected chi connectivity index (χ0v) is 11.8. The summed E-state index contributed by atoms with van der Waals surface area (Å²) in [5.74, 6) is 0. The molecule has 0 aromatic heterocycles. The molecule has 0 aliphatic heterocycles. The molecular weight excluding hydrogens is 242 g/mol. The second-order valence-corrected chi connectivity index (χ2v) is 5.02. The first-order chi connectivity index (χ1) is 8.61. The zero-order chi connectivity index (χ0) is 13.1. The van der Waals surface area contributed by atoms with Crippen molar-refractivity contribution in [3.63, 3.8) is 0 Å². The molecule has 0 aliphatic rings. The molecule has 2 aromatic carbocycles. The van der Waals surface area contributed by atoms with Crippen LogP contribution in [0.2, 0.25) is 5.02 Å². The first-order valence-electron chi connectivity index (χ1n) is 6.15. The van der Waals surface area contributed by atoms with Crippen LogP contribution in [0.15, 0.2) is 42.5 Å². The summed E-state index contributed by atoms with van der Waals surface area (Å²) in [5.41, 5.74) is 4.76. The molecule has 0 saturated heterocycles. The maximum Gasteiger partial charge on any atom is 0.0459 e. The lowest BCUT2D eigenvalue weighted by Crippen LogP contribution is -2.12. The van der Waals surface area contributed by atoms with Gasteiger partial charge in [0.1, 0.15) is 0 Å². The molecular formula is C16H18ClN. The summed E-state index contributed by atoms with van der Waals surface area (Å²) in [6.45, 7) is 4.20. The number of hydrogen-bond donors (Lipinski definition) is 1. The smallest absolute Gasteiger partial charge is 0.0459 e. The SMILES string of the molecule is CNC(C)c1ccc(-c2ccc(C)cc2)cc1Cl. The van der Waals surface area contributed by atoms with Gasteiger partial charge in [-0.05, 0) is 43.7 Å². The van der Waals surface area contributed by atoms with Crippen molar-refractivity contribution in [1.29, 1.82) is 0 Å². The second-order valence-electron chi connectivity index (χ2n) is 4.61. The molecule has 94 valence electrons. The van der Waals surface area contributed by atoms with E-state index in [1.54, 1.807) is 0 Å². The summed E-state index contributed by atoms with van der Waals surface area (Å²) in [4.78, 5) is 0. The molecule has 18 heavy (non-hydrogen) atoms. The Morgan fingerprint density at radius 2 is 1.61 bits per heavy atom. The van der Waals surface area contributed by atoms with Gasteiger partial charge in [-0.3, -0.25) is 0 Å². The minimum atomic E-state index is 0.268. The highest BCUT2D eigenvalue weighted by atomic mass is 35.5. The minimum Gasteiger partial charge on any atom is -0.313 e. The average Bonchev–Trinajstić information content (AvgIpc) is 2.38. The van der Waals surface area contributed by atoms with Crippen molar-refractivity contribution in [1.82, 2.24) is 5.32 Å². The lowest BCUT2D eigenvalue weighted by Gasteiger charge is -2.13. The Morgan fingerprint density at radius 3 is 2.17 bits per heavy atom. The van der Waals surface area contributed by atoms with E-state index >= 15 is 0 Å². The maximum atomic E-state index is 6.34. The highest BCUT2D eigenvalue weighted by Gasteiger charge is 2.08. The van der Waals surface area contributed by atoms with Crippen LogP contribution in [0.1, 0.15) is 24.1 Å². The van der Waals surface area contributed by atoms with Crippen molar-refractivity contribution in [2.45, 2.75) is 19.9 Å². The van der Waals surface area contributed by atoms with Crippen LogP contribution >= 0.6 is 11.6 Å². The Kier molecular flexibility index (Phi) is 4.05. The first-order valence-corrected chi connectivity index (χ1v) is 6.53. The molecule has 2 aromatic rings. The Morgan fingerprint density at radius 1 is 1.00 bits per heavy atom. The third-order valence-corrected chi connectivity index (χ3v) is 3.61. The van der Waals surface area contributed by atoms with Gasteiger partial charge in [-0.2, -0.15) is 0 Å². The summed E-state index contributed by atoms with van der Waals surface area (Å²) in [6, 6.07) is 15.0. The number of aryl methyl sites for hydroxylation is 1. The van der Waals surface area contributed by atoms with E-state index in [1.807, 2.05) is 13.1 Å². The van der Waals surface area contributed by atoms with Gasteiger partial charge in [0.05, 0.1) is 0 Å².